The Kier molecular flexibility index (Phi) is 2.25. The first-order valence-corrected chi connectivity index (χ1v) is 3.61. The molecule has 1 aliphatic heterocycles. The van der Waals surface area contributed by atoms with Gasteiger partial charge in [-0.25, -0.2) is 4.39 Å². The second kappa shape index (κ2) is 2.99. The molecule has 1 amide bonds. The van der Waals surface area contributed by atoms with Gasteiger partial charge in [-0.1, -0.05) is 0 Å². The van der Waals surface area contributed by atoms with Crippen molar-refractivity contribution < 1.29 is 9.18 Å². The lowest BCUT2D eigenvalue weighted by atomic mass is 10.3. The molecule has 0 aromatic carbocycles. The highest BCUT2D eigenvalue weighted by molar-refractivity contribution is 5.78. The van der Waals surface area contributed by atoms with E-state index in [1.807, 2.05) is 0 Å². The fourth-order valence-electron chi connectivity index (χ4n) is 1.22. The molecular weight excluding hydrogens is 133 g/mol. The maximum absolute atomic E-state index is 12.0. The first kappa shape index (κ1) is 7.51. The number of amides is 1. The highest BCUT2D eigenvalue weighted by Gasteiger charge is 2.24. The molecule has 1 heterocycles. The summed E-state index contributed by atoms with van der Waals surface area (Å²) >= 11 is 0. The molecule has 0 radical (unpaired) electrons. The molecule has 1 unspecified atom stereocenters. The Morgan fingerprint density at radius 2 is 2.50 bits per heavy atom. The second-order valence-electron chi connectivity index (χ2n) is 2.69. The van der Waals surface area contributed by atoms with Crippen molar-refractivity contribution in [2.45, 2.75) is 25.8 Å². The normalized spacial score (nSPS) is 21.8. The van der Waals surface area contributed by atoms with E-state index in [-0.39, 0.29) is 11.9 Å². The van der Waals surface area contributed by atoms with Crippen LogP contribution in [0.2, 0.25) is 0 Å². The molecule has 58 valence electrons. The molecule has 0 aromatic rings. The van der Waals surface area contributed by atoms with Crippen molar-refractivity contribution in [1.82, 2.24) is 4.90 Å². The summed E-state index contributed by atoms with van der Waals surface area (Å²) in [6, 6.07) is -0.213. The lowest BCUT2D eigenvalue weighted by Gasteiger charge is -2.20. The lowest BCUT2D eigenvalue weighted by molar-refractivity contribution is -0.129. The van der Waals surface area contributed by atoms with Crippen LogP contribution in [0.15, 0.2) is 0 Å². The zero-order valence-corrected chi connectivity index (χ0v) is 6.14. The Morgan fingerprint density at radius 3 is 2.90 bits per heavy atom. The van der Waals surface area contributed by atoms with E-state index in [9.17, 15) is 9.18 Å². The predicted molar refractivity (Wildman–Crippen MR) is 36.4 cm³/mol. The molecule has 2 nitrogen and oxygen atoms in total. The molecular formula is C7H12FNO. The Hall–Kier alpha value is -0.600. The zero-order valence-electron chi connectivity index (χ0n) is 6.14. The van der Waals surface area contributed by atoms with Crippen LogP contribution in [0.3, 0.4) is 0 Å². The monoisotopic (exact) mass is 145 g/mol. The number of hydrogen-bond acceptors (Lipinski definition) is 1. The van der Waals surface area contributed by atoms with Crippen molar-refractivity contribution in [3.05, 3.63) is 0 Å². The summed E-state index contributed by atoms with van der Waals surface area (Å²) < 4.78 is 12.0. The summed E-state index contributed by atoms with van der Waals surface area (Å²) in [5, 5.41) is 0. The second-order valence-corrected chi connectivity index (χ2v) is 2.69. The standard InChI is InChI=1S/C7H12FNO/c1-6(5-8)9-4-2-3-7(9)10/h6H,2-5H2,1H3. The minimum absolute atomic E-state index is 0.102. The van der Waals surface area contributed by atoms with Gasteiger partial charge in [0.05, 0.1) is 6.04 Å². The number of halogens is 1. The molecule has 3 heteroatoms. The van der Waals surface area contributed by atoms with Crippen LogP contribution in [0.25, 0.3) is 0 Å². The van der Waals surface area contributed by atoms with Crippen molar-refractivity contribution in [1.29, 1.82) is 0 Å². The number of alkyl halides is 1. The first-order chi connectivity index (χ1) is 4.75. The van der Waals surface area contributed by atoms with Crippen LogP contribution in [-0.2, 0) is 4.79 Å². The molecule has 1 fully saturated rings. The van der Waals surface area contributed by atoms with Gasteiger partial charge in [0.2, 0.25) is 5.91 Å². The van der Waals surface area contributed by atoms with Gasteiger partial charge < -0.3 is 4.90 Å². The van der Waals surface area contributed by atoms with Crippen LogP contribution in [0.1, 0.15) is 19.8 Å². The molecule has 1 saturated heterocycles. The lowest BCUT2D eigenvalue weighted by Crippen LogP contribution is -2.35. The minimum Gasteiger partial charge on any atom is -0.337 e. The molecule has 0 aliphatic carbocycles. The van der Waals surface area contributed by atoms with Gasteiger partial charge in [-0.15, -0.1) is 0 Å². The van der Waals surface area contributed by atoms with E-state index in [1.165, 1.54) is 0 Å². The SMILES string of the molecule is CC(CF)N1CCCC1=O. The van der Waals surface area contributed by atoms with Gasteiger partial charge in [0.1, 0.15) is 6.67 Å². The van der Waals surface area contributed by atoms with Crippen LogP contribution in [0.4, 0.5) is 4.39 Å². The van der Waals surface area contributed by atoms with Crippen molar-refractivity contribution in [2.24, 2.45) is 0 Å². The highest BCUT2D eigenvalue weighted by atomic mass is 19.1. The third kappa shape index (κ3) is 1.28. The van der Waals surface area contributed by atoms with Crippen LogP contribution in [-0.4, -0.2) is 30.1 Å². The van der Waals surface area contributed by atoms with Crippen molar-refractivity contribution in [3.63, 3.8) is 0 Å². The Balaban J connectivity index is 2.46. The van der Waals surface area contributed by atoms with Gasteiger partial charge in [0.25, 0.3) is 0 Å². The third-order valence-corrected chi connectivity index (χ3v) is 1.87. The average Bonchev–Trinajstić information content (AvgIpc) is 2.34. The number of likely N-dealkylation sites (tertiary alicyclic amines) is 1. The molecule has 0 aromatic heterocycles. The summed E-state index contributed by atoms with van der Waals surface area (Å²) in [5.41, 5.74) is 0. The van der Waals surface area contributed by atoms with Gasteiger partial charge in [-0.3, -0.25) is 4.79 Å². The highest BCUT2D eigenvalue weighted by Crippen LogP contribution is 2.13. The fraction of sp³-hybridized carbons (Fsp3) is 0.857. The summed E-state index contributed by atoms with van der Waals surface area (Å²) in [6.07, 6.45) is 1.49. The topological polar surface area (TPSA) is 20.3 Å². The Labute approximate surface area is 60.0 Å². The number of carbonyl (C=O) groups is 1. The largest absolute Gasteiger partial charge is 0.337 e. The third-order valence-electron chi connectivity index (χ3n) is 1.87. The molecule has 0 spiro atoms. The molecule has 0 bridgehead atoms. The van der Waals surface area contributed by atoms with E-state index in [1.54, 1.807) is 11.8 Å². The first-order valence-electron chi connectivity index (χ1n) is 3.61. The minimum atomic E-state index is -0.425. The molecule has 1 atom stereocenters. The van der Waals surface area contributed by atoms with E-state index < -0.39 is 6.67 Å². The number of nitrogens with zero attached hydrogens (tertiary/aromatic N) is 1. The Bertz CT molecular complexity index is 138. The maximum Gasteiger partial charge on any atom is 0.222 e. The fourth-order valence-corrected chi connectivity index (χ4v) is 1.22. The molecule has 1 rings (SSSR count). The van der Waals surface area contributed by atoms with Crippen LogP contribution in [0, 0.1) is 0 Å². The summed E-state index contributed by atoms with van der Waals surface area (Å²) in [5.74, 6) is 0.102. The van der Waals surface area contributed by atoms with Crippen LogP contribution in [0.5, 0.6) is 0 Å². The van der Waals surface area contributed by atoms with Gasteiger partial charge in [0.15, 0.2) is 0 Å². The number of carbonyl (C=O) groups excluding carboxylic acids is 1. The Morgan fingerprint density at radius 1 is 1.80 bits per heavy atom. The van der Waals surface area contributed by atoms with Crippen LogP contribution >= 0.6 is 0 Å². The zero-order chi connectivity index (χ0) is 7.56. The van der Waals surface area contributed by atoms with E-state index in [4.69, 9.17) is 0 Å². The smallest absolute Gasteiger partial charge is 0.222 e. The van der Waals surface area contributed by atoms with Gasteiger partial charge >= 0.3 is 0 Å². The summed E-state index contributed by atoms with van der Waals surface area (Å²) in [7, 11) is 0. The van der Waals surface area contributed by atoms with E-state index in [2.05, 4.69) is 0 Å². The van der Waals surface area contributed by atoms with Gasteiger partial charge in [0, 0.05) is 13.0 Å². The summed E-state index contributed by atoms with van der Waals surface area (Å²) in [4.78, 5) is 12.5. The molecule has 10 heavy (non-hydrogen) atoms. The van der Waals surface area contributed by atoms with Crippen molar-refractivity contribution >= 4 is 5.91 Å². The predicted octanol–water partition coefficient (Wildman–Crippen LogP) is 0.967. The average molecular weight is 145 g/mol. The molecule has 1 aliphatic rings. The maximum atomic E-state index is 12.0. The van der Waals surface area contributed by atoms with Gasteiger partial charge in [-0.05, 0) is 13.3 Å². The quantitative estimate of drug-likeness (QED) is 0.567. The number of hydrogen-bond donors (Lipinski definition) is 0. The van der Waals surface area contributed by atoms with Crippen molar-refractivity contribution in [2.75, 3.05) is 13.2 Å². The van der Waals surface area contributed by atoms with Crippen molar-refractivity contribution in [3.8, 4) is 0 Å². The molecule has 0 N–H and O–H groups in total. The van der Waals surface area contributed by atoms with Gasteiger partial charge in [-0.2, -0.15) is 0 Å². The van der Waals surface area contributed by atoms with Crippen LogP contribution < -0.4 is 0 Å². The summed E-state index contributed by atoms with van der Waals surface area (Å²) in [6.45, 7) is 2.05. The number of rotatable bonds is 2. The van der Waals surface area contributed by atoms with E-state index >= 15 is 0 Å². The molecule has 0 saturated carbocycles. The van der Waals surface area contributed by atoms with E-state index in [0.29, 0.717) is 6.42 Å². The van der Waals surface area contributed by atoms with E-state index in [0.717, 1.165) is 13.0 Å².